The quantitative estimate of drug-likeness (QED) is 0.210. The number of pyridine rings is 1. The van der Waals surface area contributed by atoms with E-state index in [-0.39, 0.29) is 12.4 Å². The summed E-state index contributed by atoms with van der Waals surface area (Å²) >= 11 is 6.10. The van der Waals surface area contributed by atoms with Gasteiger partial charge in [-0.2, -0.15) is 0 Å². The van der Waals surface area contributed by atoms with Gasteiger partial charge in [0.15, 0.2) is 5.82 Å². The second-order valence-electron chi connectivity index (χ2n) is 8.77. The summed E-state index contributed by atoms with van der Waals surface area (Å²) in [5.41, 5.74) is 4.28. The lowest BCUT2D eigenvalue weighted by Crippen LogP contribution is -2.21. The van der Waals surface area contributed by atoms with Crippen molar-refractivity contribution in [3.8, 4) is 11.3 Å². The van der Waals surface area contributed by atoms with E-state index in [0.717, 1.165) is 46.2 Å². The first kappa shape index (κ1) is 23.4. The molecule has 3 rings (SSSR count). The van der Waals surface area contributed by atoms with E-state index in [1.165, 1.54) is 7.11 Å². The van der Waals surface area contributed by atoms with E-state index in [4.69, 9.17) is 21.1 Å². The molecule has 3 aromatic rings. The normalized spacial score (nSPS) is 11.8. The third kappa shape index (κ3) is 6.35. The molecule has 31 heavy (non-hydrogen) atoms. The highest BCUT2D eigenvalue weighted by molar-refractivity contribution is 6.76. The van der Waals surface area contributed by atoms with Crippen LogP contribution in [0.15, 0.2) is 18.3 Å². The zero-order chi connectivity index (χ0) is 22.6. The lowest BCUT2D eigenvalue weighted by Gasteiger charge is -2.15. The largest absolute Gasteiger partial charge is 0.469 e. The second-order valence-corrected chi connectivity index (χ2v) is 14.8. The van der Waals surface area contributed by atoms with Crippen molar-refractivity contribution in [1.29, 1.82) is 0 Å². The van der Waals surface area contributed by atoms with Gasteiger partial charge in [-0.15, -0.1) is 0 Å². The Bertz CT molecular complexity index is 1080. The highest BCUT2D eigenvalue weighted by Gasteiger charge is 2.15. The number of ether oxygens (including phenoxy) is 2. The number of rotatable bonds is 9. The van der Waals surface area contributed by atoms with Crippen molar-refractivity contribution >= 4 is 36.7 Å². The molecule has 3 aromatic heterocycles. The first-order chi connectivity index (χ1) is 14.7. The SMILES string of the molecule is COC(=O)CCc1cc(Cl)ncc1-c1cc2c(C)nc(COCC[Si](C)(C)C)nc2[nH]1. The van der Waals surface area contributed by atoms with Crippen molar-refractivity contribution in [2.45, 2.75) is 52.1 Å². The molecular weight excluding hydrogens is 432 g/mol. The fourth-order valence-electron chi connectivity index (χ4n) is 3.22. The van der Waals surface area contributed by atoms with Gasteiger partial charge in [0.25, 0.3) is 0 Å². The van der Waals surface area contributed by atoms with Crippen molar-refractivity contribution in [3.05, 3.63) is 40.6 Å². The Morgan fingerprint density at radius 2 is 2.00 bits per heavy atom. The monoisotopic (exact) mass is 460 g/mol. The van der Waals surface area contributed by atoms with Crippen molar-refractivity contribution in [2.24, 2.45) is 0 Å². The molecule has 0 aliphatic rings. The Morgan fingerprint density at radius 1 is 1.23 bits per heavy atom. The van der Waals surface area contributed by atoms with E-state index in [1.807, 2.05) is 13.0 Å². The minimum atomic E-state index is -1.13. The second kappa shape index (κ2) is 9.89. The van der Waals surface area contributed by atoms with Crippen LogP contribution in [0.1, 0.15) is 23.5 Å². The highest BCUT2D eigenvalue weighted by Crippen LogP contribution is 2.29. The Kier molecular flexibility index (Phi) is 7.45. The number of fused-ring (bicyclic) bond motifs is 1. The van der Waals surface area contributed by atoms with E-state index in [9.17, 15) is 4.79 Å². The standard InChI is InChI=1S/C22H29ClN4O3Si/c1-14-16-11-18(17-12-24-19(23)10-15(17)6-7-21(28)29-2)26-22(16)27-20(25-14)13-30-8-9-31(3,4)5/h10-12H,6-9,13H2,1-5H3,(H,25,26,27). The molecule has 9 heteroatoms. The lowest BCUT2D eigenvalue weighted by atomic mass is 10.0. The molecule has 0 atom stereocenters. The van der Waals surface area contributed by atoms with E-state index in [0.29, 0.717) is 24.0 Å². The van der Waals surface area contributed by atoms with E-state index in [1.54, 1.807) is 12.3 Å². The predicted octanol–water partition coefficient (Wildman–Crippen LogP) is 4.94. The van der Waals surface area contributed by atoms with Crippen LogP contribution < -0.4 is 0 Å². The van der Waals surface area contributed by atoms with Gasteiger partial charge in [0.05, 0.1) is 12.8 Å². The van der Waals surface area contributed by atoms with Gasteiger partial charge in [0, 0.05) is 43.9 Å². The van der Waals surface area contributed by atoms with Crippen LogP contribution in [0.25, 0.3) is 22.3 Å². The average Bonchev–Trinajstić information content (AvgIpc) is 3.13. The summed E-state index contributed by atoms with van der Waals surface area (Å²) in [6, 6.07) is 4.90. The highest BCUT2D eigenvalue weighted by atomic mass is 35.5. The number of aromatic amines is 1. The third-order valence-corrected chi connectivity index (χ3v) is 6.94. The van der Waals surface area contributed by atoms with Crippen LogP contribution in [-0.4, -0.2) is 47.7 Å². The Hall–Kier alpha value is -2.29. The van der Waals surface area contributed by atoms with Crippen LogP contribution in [0, 0.1) is 6.92 Å². The minimum absolute atomic E-state index is 0.266. The molecule has 0 aliphatic carbocycles. The zero-order valence-electron chi connectivity index (χ0n) is 18.7. The van der Waals surface area contributed by atoms with Gasteiger partial charge in [-0.25, -0.2) is 15.0 Å². The number of carbonyl (C=O) groups excluding carboxylic acids is 1. The Balaban J connectivity index is 1.84. The van der Waals surface area contributed by atoms with Gasteiger partial charge >= 0.3 is 5.97 Å². The van der Waals surface area contributed by atoms with Gasteiger partial charge < -0.3 is 14.5 Å². The molecular formula is C22H29ClN4O3Si. The zero-order valence-corrected chi connectivity index (χ0v) is 20.5. The van der Waals surface area contributed by atoms with Crippen molar-refractivity contribution in [2.75, 3.05) is 13.7 Å². The van der Waals surface area contributed by atoms with Crippen LogP contribution in [0.3, 0.4) is 0 Å². The maximum Gasteiger partial charge on any atom is 0.305 e. The molecule has 0 unspecified atom stereocenters. The number of H-pyrrole nitrogens is 1. The van der Waals surface area contributed by atoms with Gasteiger partial charge in [-0.3, -0.25) is 4.79 Å². The number of nitrogens with one attached hydrogen (secondary N) is 1. The smallest absolute Gasteiger partial charge is 0.305 e. The van der Waals surface area contributed by atoms with Crippen LogP contribution in [0.4, 0.5) is 0 Å². The predicted molar refractivity (Wildman–Crippen MR) is 125 cm³/mol. The topological polar surface area (TPSA) is 90.0 Å². The fraction of sp³-hybridized carbons (Fsp3) is 0.455. The summed E-state index contributed by atoms with van der Waals surface area (Å²) in [6.07, 6.45) is 2.48. The number of aryl methyl sites for hydroxylation is 2. The fourth-order valence-corrected chi connectivity index (χ4v) is 4.16. The lowest BCUT2D eigenvalue weighted by molar-refractivity contribution is -0.140. The molecule has 166 valence electrons. The summed E-state index contributed by atoms with van der Waals surface area (Å²) < 4.78 is 10.6. The maximum atomic E-state index is 11.6. The average molecular weight is 461 g/mol. The number of aromatic nitrogens is 4. The minimum Gasteiger partial charge on any atom is -0.469 e. The van der Waals surface area contributed by atoms with Gasteiger partial charge in [-0.1, -0.05) is 31.2 Å². The molecule has 1 N–H and O–H groups in total. The van der Waals surface area contributed by atoms with E-state index < -0.39 is 8.07 Å². The van der Waals surface area contributed by atoms with E-state index >= 15 is 0 Å². The maximum absolute atomic E-state index is 11.6. The summed E-state index contributed by atoms with van der Waals surface area (Å²) in [5, 5.41) is 1.32. The molecule has 0 saturated heterocycles. The molecule has 7 nitrogen and oxygen atoms in total. The molecule has 0 spiro atoms. The number of nitrogens with zero attached hydrogens (tertiary/aromatic N) is 3. The van der Waals surface area contributed by atoms with Crippen LogP contribution in [0.2, 0.25) is 30.8 Å². The Morgan fingerprint density at radius 3 is 2.71 bits per heavy atom. The molecule has 0 amide bonds. The van der Waals surface area contributed by atoms with Crippen LogP contribution in [-0.2, 0) is 27.3 Å². The number of hydrogen-bond donors (Lipinski definition) is 1. The number of esters is 1. The number of hydrogen-bond acceptors (Lipinski definition) is 6. The summed E-state index contributed by atoms with van der Waals surface area (Å²) in [5.74, 6) is 0.394. The number of halogens is 1. The van der Waals surface area contributed by atoms with E-state index in [2.05, 4.69) is 39.6 Å². The summed E-state index contributed by atoms with van der Waals surface area (Å²) in [4.78, 5) is 28.4. The molecule has 0 fully saturated rings. The first-order valence-corrected chi connectivity index (χ1v) is 14.4. The molecule has 0 saturated carbocycles. The summed E-state index contributed by atoms with van der Waals surface area (Å²) in [7, 11) is 0.257. The number of carbonyl (C=O) groups is 1. The molecule has 3 heterocycles. The third-order valence-electron chi connectivity index (χ3n) is 5.02. The number of methoxy groups -OCH3 is 1. The van der Waals surface area contributed by atoms with Gasteiger partial charge in [-0.05, 0) is 37.1 Å². The van der Waals surface area contributed by atoms with Crippen molar-refractivity contribution in [1.82, 2.24) is 19.9 Å². The van der Waals surface area contributed by atoms with Crippen molar-refractivity contribution in [3.63, 3.8) is 0 Å². The first-order valence-electron chi connectivity index (χ1n) is 10.3. The van der Waals surface area contributed by atoms with Gasteiger partial charge in [0.1, 0.15) is 17.4 Å². The molecule has 0 radical (unpaired) electrons. The molecule has 0 aromatic carbocycles. The Labute approximate surface area is 188 Å². The van der Waals surface area contributed by atoms with Crippen molar-refractivity contribution < 1.29 is 14.3 Å². The van der Waals surface area contributed by atoms with Crippen LogP contribution >= 0.6 is 11.6 Å². The molecule has 0 bridgehead atoms. The van der Waals surface area contributed by atoms with Gasteiger partial charge in [0.2, 0.25) is 0 Å². The van der Waals surface area contributed by atoms with Crippen LogP contribution in [0.5, 0.6) is 0 Å². The summed E-state index contributed by atoms with van der Waals surface area (Å²) in [6.45, 7) is 10.1. The molecule has 0 aliphatic heterocycles.